The van der Waals surface area contributed by atoms with E-state index in [1.807, 2.05) is 0 Å². The van der Waals surface area contributed by atoms with E-state index in [9.17, 15) is 0 Å². The molecule has 1 aromatic rings. The van der Waals surface area contributed by atoms with Crippen LogP contribution in [0.2, 0.25) is 18.6 Å². The van der Waals surface area contributed by atoms with Gasteiger partial charge in [-0.1, -0.05) is 69.4 Å². The van der Waals surface area contributed by atoms with Gasteiger partial charge in [0.15, 0.2) is 0 Å². The normalized spacial score (nSPS) is 31.9. The Morgan fingerprint density at radius 3 is 2.11 bits per heavy atom. The molecule has 0 spiro atoms. The summed E-state index contributed by atoms with van der Waals surface area (Å²) in [6.07, 6.45) is 0.819. The van der Waals surface area contributed by atoms with Gasteiger partial charge in [0.1, 0.15) is 0 Å². The number of ether oxygens (including phenoxy) is 1. The third-order valence-electron chi connectivity index (χ3n) is 4.97. The van der Waals surface area contributed by atoms with Crippen LogP contribution in [0, 0.1) is 11.8 Å². The summed E-state index contributed by atoms with van der Waals surface area (Å²) in [5.74, 6) is 1.28. The maximum atomic E-state index is 6.29. The van der Waals surface area contributed by atoms with Crippen molar-refractivity contribution in [2.24, 2.45) is 11.8 Å². The van der Waals surface area contributed by atoms with E-state index in [4.69, 9.17) is 4.74 Å². The van der Waals surface area contributed by atoms with Crippen molar-refractivity contribution in [3.8, 4) is 0 Å². The molecule has 0 aromatic heterocycles. The molecule has 0 unspecified atom stereocenters. The summed E-state index contributed by atoms with van der Waals surface area (Å²) in [6.45, 7) is 14.3. The fraction of sp³-hybridized carbons (Fsp3) is 0.647. The van der Waals surface area contributed by atoms with Crippen molar-refractivity contribution in [3.05, 3.63) is 30.3 Å². The van der Waals surface area contributed by atoms with Gasteiger partial charge in [-0.3, -0.25) is 0 Å². The molecule has 1 fully saturated rings. The predicted molar refractivity (Wildman–Crippen MR) is 85.6 cm³/mol. The smallest absolute Gasteiger partial charge is 0.0865 e. The highest BCUT2D eigenvalue weighted by molar-refractivity contribution is 6.91. The van der Waals surface area contributed by atoms with Crippen LogP contribution >= 0.6 is 0 Å². The van der Waals surface area contributed by atoms with E-state index < -0.39 is 8.07 Å². The summed E-state index contributed by atoms with van der Waals surface area (Å²) < 4.78 is 6.29. The number of hydrogen-bond acceptors (Lipinski definition) is 1. The van der Waals surface area contributed by atoms with E-state index in [0.717, 1.165) is 0 Å². The Balaban J connectivity index is 2.30. The van der Waals surface area contributed by atoms with Crippen LogP contribution in [0.5, 0.6) is 0 Å². The zero-order valence-electron chi connectivity index (χ0n) is 13.2. The first kappa shape index (κ1) is 14.8. The van der Waals surface area contributed by atoms with Crippen molar-refractivity contribution in [2.45, 2.75) is 58.5 Å². The molecule has 0 radical (unpaired) electrons. The van der Waals surface area contributed by atoms with Crippen LogP contribution in [-0.4, -0.2) is 20.3 Å². The third-order valence-corrected chi connectivity index (χ3v) is 9.45. The van der Waals surface area contributed by atoms with Gasteiger partial charge in [0.05, 0.1) is 20.3 Å². The highest BCUT2D eigenvalue weighted by atomic mass is 28.3. The van der Waals surface area contributed by atoms with Crippen LogP contribution in [0.15, 0.2) is 30.3 Å². The molecule has 1 nitrogen and oxygen atoms in total. The molecule has 4 atom stereocenters. The van der Waals surface area contributed by atoms with Crippen LogP contribution in [0.3, 0.4) is 0 Å². The molecule has 1 saturated heterocycles. The fourth-order valence-corrected chi connectivity index (χ4v) is 8.35. The van der Waals surface area contributed by atoms with Crippen molar-refractivity contribution < 1.29 is 4.74 Å². The summed E-state index contributed by atoms with van der Waals surface area (Å²) in [5.41, 5.74) is 0.710. The van der Waals surface area contributed by atoms with Gasteiger partial charge in [-0.05, 0) is 24.3 Å². The lowest BCUT2D eigenvalue weighted by Crippen LogP contribution is -2.50. The largest absolute Gasteiger partial charge is 0.375 e. The molecule has 1 aliphatic rings. The molecule has 0 amide bonds. The van der Waals surface area contributed by atoms with E-state index in [2.05, 4.69) is 71.1 Å². The molecular formula is C17H28OSi. The summed E-state index contributed by atoms with van der Waals surface area (Å²) in [7, 11) is -1.49. The minimum absolute atomic E-state index is 0.393. The van der Waals surface area contributed by atoms with E-state index in [0.29, 0.717) is 29.6 Å². The molecule has 2 heteroatoms. The fourth-order valence-electron chi connectivity index (χ4n) is 4.16. The first-order valence-corrected chi connectivity index (χ1v) is 10.6. The third kappa shape index (κ3) is 2.66. The Morgan fingerprint density at radius 1 is 1.05 bits per heavy atom. The summed E-state index contributed by atoms with van der Waals surface area (Å²) in [4.78, 5) is 0. The summed E-state index contributed by atoms with van der Waals surface area (Å²) >= 11 is 0. The van der Waals surface area contributed by atoms with Gasteiger partial charge < -0.3 is 4.74 Å². The Labute approximate surface area is 119 Å². The van der Waals surface area contributed by atoms with E-state index in [1.54, 1.807) is 5.19 Å². The molecular weight excluding hydrogens is 248 g/mol. The maximum Gasteiger partial charge on any atom is 0.0865 e. The zero-order valence-corrected chi connectivity index (χ0v) is 14.2. The summed E-state index contributed by atoms with van der Waals surface area (Å²) in [5, 5.41) is 1.56. The van der Waals surface area contributed by atoms with Crippen molar-refractivity contribution in [1.29, 1.82) is 0 Å². The quantitative estimate of drug-likeness (QED) is 0.757. The predicted octanol–water partition coefficient (Wildman–Crippen LogP) is 4.05. The highest BCUT2D eigenvalue weighted by Crippen LogP contribution is 2.45. The zero-order chi connectivity index (χ0) is 14.2. The maximum absolute atomic E-state index is 6.29. The van der Waals surface area contributed by atoms with E-state index in [1.165, 1.54) is 0 Å². The van der Waals surface area contributed by atoms with Crippen LogP contribution in [0.1, 0.15) is 27.7 Å². The van der Waals surface area contributed by atoms with Crippen molar-refractivity contribution >= 4 is 13.3 Å². The van der Waals surface area contributed by atoms with Crippen LogP contribution in [-0.2, 0) is 4.74 Å². The number of rotatable bonds is 3. The highest BCUT2D eigenvalue weighted by Gasteiger charge is 2.49. The molecule has 1 heterocycles. The lowest BCUT2D eigenvalue weighted by molar-refractivity contribution is 0.0171. The average molecular weight is 276 g/mol. The molecule has 19 heavy (non-hydrogen) atoms. The second-order valence-corrected chi connectivity index (χ2v) is 11.7. The molecule has 1 aliphatic heterocycles. The molecule has 0 N–H and O–H groups in total. The molecule has 2 rings (SSSR count). The molecule has 0 aliphatic carbocycles. The van der Waals surface area contributed by atoms with Gasteiger partial charge in [0.25, 0.3) is 0 Å². The first-order valence-electron chi connectivity index (χ1n) is 7.56. The van der Waals surface area contributed by atoms with Crippen LogP contribution in [0.25, 0.3) is 0 Å². The van der Waals surface area contributed by atoms with Gasteiger partial charge >= 0.3 is 0 Å². The standard InChI is InChI=1S/C17H28OSi/c1-12(2)16-13(3)17(14(4)18-16)19(5,6)15-10-8-7-9-11-15/h7-14,16-17H,1-6H3/t13-,14-,16+,17+/m0/s1. The van der Waals surface area contributed by atoms with Crippen LogP contribution < -0.4 is 5.19 Å². The van der Waals surface area contributed by atoms with Crippen molar-refractivity contribution in [1.82, 2.24) is 0 Å². The molecule has 0 saturated carbocycles. The Hall–Kier alpha value is -0.603. The van der Waals surface area contributed by atoms with Crippen LogP contribution in [0.4, 0.5) is 0 Å². The SMILES string of the molecule is CC(C)[C@H]1O[C@@H](C)[C@H]([Si](C)(C)c2ccccc2)[C@H]1C. The first-order chi connectivity index (χ1) is 8.85. The Bertz CT molecular complexity index is 413. The molecule has 1 aromatic carbocycles. The Morgan fingerprint density at radius 2 is 1.63 bits per heavy atom. The monoisotopic (exact) mass is 276 g/mol. The minimum Gasteiger partial charge on any atom is -0.375 e. The Kier molecular flexibility index (Phi) is 4.22. The second-order valence-electron chi connectivity index (χ2n) is 7.02. The molecule has 0 bridgehead atoms. The summed E-state index contributed by atoms with van der Waals surface area (Å²) in [6, 6.07) is 11.1. The lowest BCUT2D eigenvalue weighted by Gasteiger charge is -2.35. The van der Waals surface area contributed by atoms with Gasteiger partial charge in [0, 0.05) is 0 Å². The average Bonchev–Trinajstić information content (AvgIpc) is 2.66. The van der Waals surface area contributed by atoms with E-state index >= 15 is 0 Å². The molecule has 106 valence electrons. The van der Waals surface area contributed by atoms with E-state index in [-0.39, 0.29) is 0 Å². The van der Waals surface area contributed by atoms with Gasteiger partial charge in [-0.25, -0.2) is 0 Å². The minimum atomic E-state index is -1.49. The topological polar surface area (TPSA) is 9.23 Å². The van der Waals surface area contributed by atoms with Crippen molar-refractivity contribution in [2.75, 3.05) is 0 Å². The number of benzene rings is 1. The van der Waals surface area contributed by atoms with Gasteiger partial charge in [-0.2, -0.15) is 0 Å². The van der Waals surface area contributed by atoms with Gasteiger partial charge in [0.2, 0.25) is 0 Å². The van der Waals surface area contributed by atoms with Crippen molar-refractivity contribution in [3.63, 3.8) is 0 Å². The number of hydrogen-bond donors (Lipinski definition) is 0. The lowest BCUT2D eigenvalue weighted by atomic mass is 9.93. The van der Waals surface area contributed by atoms with Gasteiger partial charge in [-0.15, -0.1) is 0 Å². The second kappa shape index (κ2) is 5.41.